The normalized spacial score (nSPS) is 20.2. The molecule has 4 nitrogen and oxygen atoms in total. The van der Waals surface area contributed by atoms with Gasteiger partial charge in [0.15, 0.2) is 11.6 Å². The first-order valence-corrected chi connectivity index (χ1v) is 8.87. The van der Waals surface area contributed by atoms with Crippen molar-refractivity contribution in [1.82, 2.24) is 0 Å². The van der Waals surface area contributed by atoms with Crippen molar-refractivity contribution in [2.75, 3.05) is 0 Å². The lowest BCUT2D eigenvalue weighted by Crippen LogP contribution is -2.14. The maximum Gasteiger partial charge on any atom is 0.311 e. The lowest BCUT2D eigenvalue weighted by atomic mass is 10.1. The number of nitriles is 1. The first-order valence-electron chi connectivity index (χ1n) is 8.87. The molecule has 0 radical (unpaired) electrons. The molecule has 0 aromatic heterocycles. The SMILES string of the molecule is C=C=C[C@H]1[C@@H](C(=O)O[C@H](C#N)c2ccc(F)c(Oc3ccccc3)c2)C1(C)C. The van der Waals surface area contributed by atoms with E-state index in [1.807, 2.05) is 26.0 Å². The average Bonchev–Trinajstić information content (AvgIpc) is 3.23. The van der Waals surface area contributed by atoms with Crippen molar-refractivity contribution >= 4 is 5.97 Å². The molecule has 0 aliphatic heterocycles. The molecule has 1 aliphatic carbocycles. The summed E-state index contributed by atoms with van der Waals surface area (Å²) >= 11 is 0. The van der Waals surface area contributed by atoms with Gasteiger partial charge >= 0.3 is 5.97 Å². The molecule has 2 aromatic rings. The molecule has 0 heterocycles. The maximum absolute atomic E-state index is 14.1. The smallest absolute Gasteiger partial charge is 0.311 e. The van der Waals surface area contributed by atoms with Crippen molar-refractivity contribution in [3.05, 3.63) is 78.3 Å². The second-order valence-electron chi connectivity index (χ2n) is 7.25. The van der Waals surface area contributed by atoms with E-state index in [9.17, 15) is 14.4 Å². The fourth-order valence-corrected chi connectivity index (χ4v) is 3.30. The Hall–Kier alpha value is -3.35. The van der Waals surface area contributed by atoms with Crippen molar-refractivity contribution in [2.24, 2.45) is 17.3 Å². The monoisotopic (exact) mass is 377 g/mol. The second-order valence-corrected chi connectivity index (χ2v) is 7.25. The van der Waals surface area contributed by atoms with Crippen LogP contribution >= 0.6 is 0 Å². The Morgan fingerprint density at radius 3 is 2.64 bits per heavy atom. The molecule has 5 heteroatoms. The van der Waals surface area contributed by atoms with E-state index in [0.29, 0.717) is 11.3 Å². The topological polar surface area (TPSA) is 59.3 Å². The number of benzene rings is 2. The average molecular weight is 377 g/mol. The summed E-state index contributed by atoms with van der Waals surface area (Å²) in [6, 6.07) is 14.7. The molecule has 1 saturated carbocycles. The maximum atomic E-state index is 14.1. The van der Waals surface area contributed by atoms with E-state index in [-0.39, 0.29) is 23.0 Å². The van der Waals surface area contributed by atoms with Gasteiger partial charge in [-0.1, -0.05) is 44.7 Å². The number of para-hydroxylation sites is 1. The summed E-state index contributed by atoms with van der Waals surface area (Å²) in [6.07, 6.45) is 0.591. The number of ether oxygens (including phenoxy) is 2. The van der Waals surface area contributed by atoms with Gasteiger partial charge in [-0.2, -0.15) is 5.26 Å². The molecule has 0 spiro atoms. The van der Waals surface area contributed by atoms with Crippen molar-refractivity contribution in [2.45, 2.75) is 20.0 Å². The number of hydrogen-bond donors (Lipinski definition) is 0. The highest BCUT2D eigenvalue weighted by Crippen LogP contribution is 2.59. The predicted molar refractivity (Wildman–Crippen MR) is 102 cm³/mol. The van der Waals surface area contributed by atoms with Gasteiger partial charge in [0.25, 0.3) is 0 Å². The number of carbonyl (C=O) groups excluding carboxylic acids is 1. The summed E-state index contributed by atoms with van der Waals surface area (Å²) in [6.45, 7) is 7.44. The Bertz CT molecular complexity index is 971. The van der Waals surface area contributed by atoms with E-state index in [0.717, 1.165) is 0 Å². The number of halogens is 1. The van der Waals surface area contributed by atoms with Crippen LogP contribution in [-0.2, 0) is 9.53 Å². The predicted octanol–water partition coefficient (Wildman–Crippen LogP) is 5.34. The lowest BCUT2D eigenvalue weighted by Gasteiger charge is -2.14. The molecule has 2 aromatic carbocycles. The summed E-state index contributed by atoms with van der Waals surface area (Å²) in [5, 5.41) is 9.49. The van der Waals surface area contributed by atoms with Gasteiger partial charge in [-0.3, -0.25) is 4.79 Å². The van der Waals surface area contributed by atoms with E-state index >= 15 is 0 Å². The number of rotatable bonds is 6. The van der Waals surface area contributed by atoms with Gasteiger partial charge in [-0.15, -0.1) is 5.73 Å². The van der Waals surface area contributed by atoms with E-state index in [2.05, 4.69) is 12.3 Å². The minimum absolute atomic E-state index is 0.0259. The summed E-state index contributed by atoms with van der Waals surface area (Å²) in [5.74, 6) is -1.01. The Morgan fingerprint density at radius 1 is 1.29 bits per heavy atom. The number of allylic oxidation sites excluding steroid dienone is 1. The molecule has 0 saturated heterocycles. The highest BCUT2D eigenvalue weighted by molar-refractivity contribution is 5.78. The van der Waals surface area contributed by atoms with E-state index < -0.39 is 17.9 Å². The van der Waals surface area contributed by atoms with Crippen LogP contribution in [0.3, 0.4) is 0 Å². The molecule has 0 N–H and O–H groups in total. The van der Waals surface area contributed by atoms with Gasteiger partial charge in [0.1, 0.15) is 11.8 Å². The summed E-state index contributed by atoms with van der Waals surface area (Å²) < 4.78 is 25.1. The third-order valence-electron chi connectivity index (χ3n) is 5.04. The molecule has 0 amide bonds. The van der Waals surface area contributed by atoms with E-state index in [1.54, 1.807) is 30.3 Å². The summed E-state index contributed by atoms with van der Waals surface area (Å²) in [4.78, 5) is 12.5. The highest BCUT2D eigenvalue weighted by Gasteiger charge is 2.61. The Kier molecular flexibility index (Phi) is 5.35. The minimum atomic E-state index is -1.16. The molecule has 1 fully saturated rings. The lowest BCUT2D eigenvalue weighted by molar-refractivity contribution is -0.149. The van der Waals surface area contributed by atoms with Gasteiger partial charge in [-0.05, 0) is 35.8 Å². The zero-order valence-corrected chi connectivity index (χ0v) is 15.7. The van der Waals surface area contributed by atoms with Crippen molar-refractivity contribution in [1.29, 1.82) is 5.26 Å². The van der Waals surface area contributed by atoms with Crippen LogP contribution in [-0.4, -0.2) is 5.97 Å². The van der Waals surface area contributed by atoms with Crippen molar-refractivity contribution in [3.8, 4) is 17.6 Å². The van der Waals surface area contributed by atoms with Gasteiger partial charge in [0, 0.05) is 11.5 Å². The van der Waals surface area contributed by atoms with Gasteiger partial charge in [0.05, 0.1) is 5.92 Å². The van der Waals surface area contributed by atoms with Crippen LogP contribution in [0.25, 0.3) is 0 Å². The molecule has 3 rings (SSSR count). The van der Waals surface area contributed by atoms with Gasteiger partial charge in [0.2, 0.25) is 6.10 Å². The first kappa shape index (κ1) is 19.4. The van der Waals surface area contributed by atoms with Crippen LogP contribution in [0.2, 0.25) is 0 Å². The molecule has 142 valence electrons. The molecular weight excluding hydrogens is 357 g/mol. The van der Waals surface area contributed by atoms with Crippen molar-refractivity contribution < 1.29 is 18.7 Å². The molecule has 0 bridgehead atoms. The fraction of sp³-hybridized carbons (Fsp3) is 0.261. The van der Waals surface area contributed by atoms with E-state index in [1.165, 1.54) is 18.2 Å². The van der Waals surface area contributed by atoms with Crippen LogP contribution in [0.5, 0.6) is 11.5 Å². The zero-order chi connectivity index (χ0) is 20.3. The Morgan fingerprint density at radius 2 is 2.00 bits per heavy atom. The van der Waals surface area contributed by atoms with Crippen LogP contribution in [0.4, 0.5) is 4.39 Å². The Balaban J connectivity index is 1.78. The molecular formula is C23H20FNO3. The van der Waals surface area contributed by atoms with Gasteiger partial charge in [-0.25, -0.2) is 4.39 Å². The number of hydrogen-bond acceptors (Lipinski definition) is 4. The molecule has 0 unspecified atom stereocenters. The summed E-state index contributed by atoms with van der Waals surface area (Å²) in [7, 11) is 0. The largest absolute Gasteiger partial charge is 0.454 e. The molecule has 28 heavy (non-hydrogen) atoms. The minimum Gasteiger partial charge on any atom is -0.454 e. The third kappa shape index (κ3) is 3.83. The van der Waals surface area contributed by atoms with E-state index in [4.69, 9.17) is 9.47 Å². The quantitative estimate of drug-likeness (QED) is 0.504. The number of nitrogens with zero attached hydrogens (tertiary/aromatic N) is 1. The molecule has 3 atom stereocenters. The van der Waals surface area contributed by atoms with Crippen molar-refractivity contribution in [3.63, 3.8) is 0 Å². The van der Waals surface area contributed by atoms with Crippen LogP contribution in [0.15, 0.2) is 66.9 Å². The fourth-order valence-electron chi connectivity index (χ4n) is 3.30. The standard InChI is InChI=1S/C23H20FNO3/c1-4-8-17-21(23(17,2)3)22(26)28-20(14-25)15-11-12-18(24)19(13-15)27-16-9-6-5-7-10-16/h5-13,17,20-21H,1H2,2-3H3/t17-,20+,21-/m0/s1. The first-order chi connectivity index (χ1) is 13.4. The van der Waals surface area contributed by atoms with Crippen LogP contribution < -0.4 is 4.74 Å². The zero-order valence-electron chi connectivity index (χ0n) is 15.7. The molecule has 1 aliphatic rings. The summed E-state index contributed by atoms with van der Waals surface area (Å²) in [5.41, 5.74) is 2.77. The highest BCUT2D eigenvalue weighted by atomic mass is 19.1. The van der Waals surface area contributed by atoms with Gasteiger partial charge < -0.3 is 9.47 Å². The Labute approximate surface area is 163 Å². The number of esters is 1. The second kappa shape index (κ2) is 7.72. The number of carbonyl (C=O) groups is 1. The van der Waals surface area contributed by atoms with Crippen LogP contribution in [0.1, 0.15) is 25.5 Å². The third-order valence-corrected chi connectivity index (χ3v) is 5.04. The van der Waals surface area contributed by atoms with Crippen LogP contribution in [0, 0.1) is 34.4 Å².